The largest absolute Gasteiger partial charge is 0.497 e. The van der Waals surface area contributed by atoms with Gasteiger partial charge in [0.2, 0.25) is 0 Å². The number of piperidine rings is 1. The van der Waals surface area contributed by atoms with Crippen LogP contribution < -0.4 is 4.74 Å². The van der Waals surface area contributed by atoms with Gasteiger partial charge in [-0.2, -0.15) is 0 Å². The van der Waals surface area contributed by atoms with Gasteiger partial charge >= 0.3 is 5.97 Å². The number of alkyl halides is 1. The molecule has 0 unspecified atom stereocenters. The summed E-state index contributed by atoms with van der Waals surface area (Å²) in [5, 5.41) is 10.6. The Morgan fingerprint density at radius 1 is 1.28 bits per heavy atom. The van der Waals surface area contributed by atoms with Crippen molar-refractivity contribution in [1.82, 2.24) is 9.88 Å². The Balaban J connectivity index is 1.30. The summed E-state index contributed by atoms with van der Waals surface area (Å²) in [6.45, 7) is 2.04. The number of pyridine rings is 1. The van der Waals surface area contributed by atoms with Crippen LogP contribution in [0.2, 0.25) is 0 Å². The molecule has 4 rings (SSSR count). The van der Waals surface area contributed by atoms with E-state index in [9.17, 15) is 14.3 Å². The number of likely N-dealkylation sites (tertiary alicyclic amines) is 1. The summed E-state index contributed by atoms with van der Waals surface area (Å²) in [7, 11) is 1.57. The minimum atomic E-state index is -1.20. The van der Waals surface area contributed by atoms with Gasteiger partial charge in [0.25, 0.3) is 0 Å². The second-order valence-electron chi connectivity index (χ2n) is 9.25. The number of halogens is 2. The lowest BCUT2D eigenvalue weighted by molar-refractivity contribution is -0.146. The molecule has 3 aromatic rings. The summed E-state index contributed by atoms with van der Waals surface area (Å²) in [5.74, 6) is -0.187. The average molecular weight is 515 g/mol. The predicted octanol–water partition coefficient (Wildman–Crippen LogP) is 6.38. The number of rotatable bonds is 11. The fourth-order valence-electron chi connectivity index (χ4n) is 4.99. The number of nitrogens with zero attached hydrogens (tertiary/aromatic N) is 2. The molecule has 0 spiro atoms. The molecule has 3 atom stereocenters. The zero-order valence-electron chi connectivity index (χ0n) is 20.4. The number of aromatic nitrogens is 1. The number of carbonyl (C=O) groups is 1. The minimum absolute atomic E-state index is 0.0626. The molecule has 0 amide bonds. The van der Waals surface area contributed by atoms with Gasteiger partial charge in [-0.25, -0.2) is 8.78 Å². The molecular weight excluding hydrogens is 482 g/mol. The number of carboxylic acids is 1. The number of thioether (sulfide) groups is 1. The Bertz CT molecular complexity index is 1180. The van der Waals surface area contributed by atoms with Gasteiger partial charge in [-0.05, 0) is 92.4 Å². The van der Waals surface area contributed by atoms with Crippen LogP contribution in [0.4, 0.5) is 8.78 Å². The maximum absolute atomic E-state index is 15.4. The molecule has 2 heterocycles. The van der Waals surface area contributed by atoms with Gasteiger partial charge in [-0.15, -0.1) is 11.8 Å². The molecule has 36 heavy (non-hydrogen) atoms. The standard InChI is InChI=1S/C28H32F2N2O3S/c1-35-20-8-10-26-22(17-20)21(11-13-31-26)24(29)9-7-19-12-15-32(18-23(19)28(33)34)14-4-16-36-27-6-3-2-5-25(27)30/h2-3,5-6,8,10-11,13,17,19,23-24H,4,7,9,12,14-16,18H2,1H3,(H,33,34)/t19-,23+,24-/m1/s1. The van der Waals surface area contributed by atoms with Crippen molar-refractivity contribution in [2.24, 2.45) is 11.8 Å². The highest BCUT2D eigenvalue weighted by Crippen LogP contribution is 2.35. The molecule has 1 aromatic heterocycles. The summed E-state index contributed by atoms with van der Waals surface area (Å²) in [4.78, 5) is 19.2. The van der Waals surface area contributed by atoms with E-state index in [2.05, 4.69) is 9.88 Å². The topological polar surface area (TPSA) is 62.7 Å². The average Bonchev–Trinajstić information content (AvgIpc) is 2.90. The summed E-state index contributed by atoms with van der Waals surface area (Å²) in [6.07, 6.45) is 2.77. The van der Waals surface area contributed by atoms with E-state index in [1.54, 1.807) is 43.6 Å². The predicted molar refractivity (Wildman–Crippen MR) is 139 cm³/mol. The SMILES string of the molecule is COc1ccc2nccc([C@H](F)CC[C@@H]3CCN(CCCSc4ccccc4F)C[C@@H]3C(=O)O)c2c1. The first-order valence-corrected chi connectivity index (χ1v) is 13.3. The lowest BCUT2D eigenvalue weighted by Crippen LogP contribution is -2.44. The molecule has 5 nitrogen and oxygen atoms in total. The number of fused-ring (bicyclic) bond motifs is 1. The number of ether oxygens (including phenoxy) is 1. The van der Waals surface area contributed by atoms with E-state index < -0.39 is 18.1 Å². The van der Waals surface area contributed by atoms with Crippen LogP contribution >= 0.6 is 11.8 Å². The molecule has 1 fully saturated rings. The molecule has 8 heteroatoms. The van der Waals surface area contributed by atoms with Gasteiger partial charge in [-0.1, -0.05) is 12.1 Å². The van der Waals surface area contributed by atoms with E-state index in [0.717, 1.165) is 37.1 Å². The molecule has 1 saturated heterocycles. The van der Waals surface area contributed by atoms with Gasteiger partial charge in [0.15, 0.2) is 0 Å². The minimum Gasteiger partial charge on any atom is -0.497 e. The van der Waals surface area contributed by atoms with Gasteiger partial charge in [0, 0.05) is 23.0 Å². The van der Waals surface area contributed by atoms with Crippen LogP contribution in [0.15, 0.2) is 59.6 Å². The Hall–Kier alpha value is -2.71. The van der Waals surface area contributed by atoms with Gasteiger partial charge < -0.3 is 14.7 Å². The van der Waals surface area contributed by atoms with Crippen LogP contribution in [0.1, 0.15) is 37.4 Å². The number of carboxylic acid groups (broad SMARTS) is 1. The van der Waals surface area contributed by atoms with Crippen LogP contribution in [0.3, 0.4) is 0 Å². The third kappa shape index (κ3) is 6.53. The van der Waals surface area contributed by atoms with Gasteiger partial charge in [-0.3, -0.25) is 9.78 Å². The Labute approximate surface area is 214 Å². The van der Waals surface area contributed by atoms with Crippen molar-refractivity contribution in [3.8, 4) is 5.75 Å². The highest BCUT2D eigenvalue weighted by molar-refractivity contribution is 7.99. The summed E-state index contributed by atoms with van der Waals surface area (Å²) < 4.78 is 34.4. The fourth-order valence-corrected chi connectivity index (χ4v) is 5.87. The Morgan fingerprint density at radius 2 is 2.11 bits per heavy atom. The van der Waals surface area contributed by atoms with Crippen LogP contribution in [0, 0.1) is 17.7 Å². The van der Waals surface area contributed by atoms with Crippen molar-refractivity contribution in [2.45, 2.75) is 36.8 Å². The van der Waals surface area contributed by atoms with E-state index in [4.69, 9.17) is 4.74 Å². The van der Waals surface area contributed by atoms with Crippen molar-refractivity contribution < 1.29 is 23.4 Å². The fraction of sp³-hybridized carbons (Fsp3) is 0.429. The number of benzene rings is 2. The second kappa shape index (κ2) is 12.5. The highest BCUT2D eigenvalue weighted by atomic mass is 32.2. The van der Waals surface area contributed by atoms with E-state index in [0.29, 0.717) is 34.7 Å². The number of hydrogen-bond donors (Lipinski definition) is 1. The second-order valence-corrected chi connectivity index (χ2v) is 10.4. The van der Waals surface area contributed by atoms with Crippen molar-refractivity contribution in [2.75, 3.05) is 32.5 Å². The quantitative estimate of drug-likeness (QED) is 0.237. The summed E-state index contributed by atoms with van der Waals surface area (Å²) in [6, 6.07) is 13.8. The molecule has 0 radical (unpaired) electrons. The number of methoxy groups -OCH3 is 1. The first-order valence-electron chi connectivity index (χ1n) is 12.4. The van der Waals surface area contributed by atoms with E-state index >= 15 is 4.39 Å². The van der Waals surface area contributed by atoms with Crippen LogP contribution in [-0.4, -0.2) is 53.5 Å². The monoisotopic (exact) mass is 514 g/mol. The maximum Gasteiger partial charge on any atom is 0.308 e. The normalized spacial score (nSPS) is 19.3. The van der Waals surface area contributed by atoms with Crippen LogP contribution in [0.25, 0.3) is 10.9 Å². The molecule has 0 bridgehead atoms. The molecule has 0 aliphatic carbocycles. The number of hydrogen-bond acceptors (Lipinski definition) is 5. The lowest BCUT2D eigenvalue weighted by Gasteiger charge is -2.36. The molecule has 1 aliphatic heterocycles. The smallest absolute Gasteiger partial charge is 0.308 e. The summed E-state index contributed by atoms with van der Waals surface area (Å²) in [5.41, 5.74) is 1.27. The lowest BCUT2D eigenvalue weighted by atomic mass is 9.81. The highest BCUT2D eigenvalue weighted by Gasteiger charge is 2.34. The summed E-state index contributed by atoms with van der Waals surface area (Å²) >= 11 is 1.48. The molecule has 2 aromatic carbocycles. The first-order chi connectivity index (χ1) is 17.5. The molecule has 1 aliphatic rings. The van der Waals surface area contributed by atoms with E-state index in [-0.39, 0.29) is 18.2 Å². The van der Waals surface area contributed by atoms with Crippen LogP contribution in [0.5, 0.6) is 5.75 Å². The molecule has 0 saturated carbocycles. The van der Waals surface area contributed by atoms with Crippen molar-refractivity contribution in [3.05, 3.63) is 66.1 Å². The molecule has 192 valence electrons. The van der Waals surface area contributed by atoms with Crippen molar-refractivity contribution >= 4 is 28.6 Å². The van der Waals surface area contributed by atoms with Crippen molar-refractivity contribution in [3.63, 3.8) is 0 Å². The Morgan fingerprint density at radius 3 is 2.89 bits per heavy atom. The van der Waals surface area contributed by atoms with Crippen LogP contribution in [-0.2, 0) is 4.79 Å². The zero-order chi connectivity index (χ0) is 25.5. The zero-order valence-corrected chi connectivity index (χ0v) is 21.2. The molecular formula is C28H32F2N2O3S. The Kier molecular flexibility index (Phi) is 9.15. The molecule has 1 N–H and O–H groups in total. The van der Waals surface area contributed by atoms with Crippen molar-refractivity contribution in [1.29, 1.82) is 0 Å². The third-order valence-corrected chi connectivity index (χ3v) is 8.12. The third-order valence-electron chi connectivity index (χ3n) is 6.98. The van der Waals surface area contributed by atoms with Gasteiger partial charge in [0.1, 0.15) is 17.7 Å². The maximum atomic E-state index is 15.4. The van der Waals surface area contributed by atoms with Gasteiger partial charge in [0.05, 0.1) is 18.5 Å². The number of aliphatic carboxylic acids is 1. The van der Waals surface area contributed by atoms with E-state index in [1.807, 2.05) is 12.1 Å². The first kappa shape index (κ1) is 26.4. The van der Waals surface area contributed by atoms with E-state index in [1.165, 1.54) is 17.8 Å².